The zero-order chi connectivity index (χ0) is 18.1. The average Bonchev–Trinajstić information content (AvgIpc) is 3.14. The van der Waals surface area contributed by atoms with Crippen LogP contribution in [-0.4, -0.2) is 32.8 Å². The summed E-state index contributed by atoms with van der Waals surface area (Å²) in [6, 6.07) is 6.02. The Morgan fingerprint density at radius 3 is 2.52 bits per heavy atom. The number of aromatic hydroxyl groups is 1. The molecule has 1 heterocycles. The first-order valence-corrected chi connectivity index (χ1v) is 8.98. The summed E-state index contributed by atoms with van der Waals surface area (Å²) in [5.41, 5.74) is 0.840. The van der Waals surface area contributed by atoms with Crippen molar-refractivity contribution in [3.05, 3.63) is 41.2 Å². The van der Waals surface area contributed by atoms with Crippen LogP contribution in [0.25, 0.3) is 0 Å². The number of aliphatic hydroxyl groups excluding tert-OH is 1. The topological polar surface area (TPSA) is 77.8 Å². The van der Waals surface area contributed by atoms with E-state index in [1.807, 2.05) is 13.8 Å². The van der Waals surface area contributed by atoms with Crippen molar-refractivity contribution in [1.82, 2.24) is 4.90 Å². The molecule has 0 radical (unpaired) electrons. The Morgan fingerprint density at radius 2 is 1.92 bits per heavy atom. The second-order valence-electron chi connectivity index (χ2n) is 7.43. The Morgan fingerprint density at radius 1 is 1.24 bits per heavy atom. The number of phenols is 1. The van der Waals surface area contributed by atoms with Crippen LogP contribution in [0.15, 0.2) is 35.6 Å². The number of aliphatic hydroxyl groups is 1. The van der Waals surface area contributed by atoms with Crippen molar-refractivity contribution in [3.63, 3.8) is 0 Å². The summed E-state index contributed by atoms with van der Waals surface area (Å²) in [7, 11) is 0. The van der Waals surface area contributed by atoms with Crippen LogP contribution in [0.2, 0.25) is 0 Å². The van der Waals surface area contributed by atoms with Crippen molar-refractivity contribution >= 4 is 11.7 Å². The molecule has 1 fully saturated rings. The minimum atomic E-state index is -0.617. The Kier molecular flexibility index (Phi) is 4.84. The predicted molar refractivity (Wildman–Crippen MR) is 94.1 cm³/mol. The zero-order valence-corrected chi connectivity index (χ0v) is 14.7. The third kappa shape index (κ3) is 3.28. The molecule has 25 heavy (non-hydrogen) atoms. The number of ketones is 1. The van der Waals surface area contributed by atoms with Gasteiger partial charge in [-0.15, -0.1) is 0 Å². The molecule has 134 valence electrons. The third-order valence-electron chi connectivity index (χ3n) is 5.04. The molecule has 1 atom stereocenters. The van der Waals surface area contributed by atoms with Gasteiger partial charge in [0.25, 0.3) is 5.91 Å². The summed E-state index contributed by atoms with van der Waals surface area (Å²) in [5.74, 6) is -0.875. The van der Waals surface area contributed by atoms with Crippen LogP contribution in [0, 0.1) is 5.92 Å². The normalized spacial score (nSPS) is 21.6. The largest absolute Gasteiger partial charge is 0.508 e. The van der Waals surface area contributed by atoms with E-state index < -0.39 is 17.7 Å². The number of Topliss-reactive ketones (excluding diaryl/α,β-unsaturated/α-hetero) is 1. The van der Waals surface area contributed by atoms with E-state index in [9.17, 15) is 19.8 Å². The smallest absolute Gasteiger partial charge is 0.290 e. The maximum Gasteiger partial charge on any atom is 0.290 e. The Balaban J connectivity index is 2.06. The van der Waals surface area contributed by atoms with Gasteiger partial charge in [-0.2, -0.15) is 0 Å². The fraction of sp³-hybridized carbons (Fsp3) is 0.500. The fourth-order valence-electron chi connectivity index (χ4n) is 3.97. The van der Waals surface area contributed by atoms with Gasteiger partial charge >= 0.3 is 0 Å². The Labute approximate surface area is 148 Å². The van der Waals surface area contributed by atoms with Gasteiger partial charge in [0.1, 0.15) is 5.75 Å². The number of hydrogen-bond donors (Lipinski definition) is 2. The summed E-state index contributed by atoms with van der Waals surface area (Å²) in [5, 5.41) is 20.3. The minimum absolute atomic E-state index is 0.0198. The lowest BCUT2D eigenvalue weighted by atomic mass is 9.91. The van der Waals surface area contributed by atoms with Gasteiger partial charge in [0.05, 0.1) is 11.6 Å². The van der Waals surface area contributed by atoms with E-state index in [1.165, 1.54) is 0 Å². The van der Waals surface area contributed by atoms with Crippen molar-refractivity contribution < 1.29 is 19.8 Å². The average molecular weight is 343 g/mol. The van der Waals surface area contributed by atoms with Gasteiger partial charge < -0.3 is 15.1 Å². The molecule has 1 saturated carbocycles. The molecular formula is C20H25NO4. The first kappa shape index (κ1) is 17.5. The highest BCUT2D eigenvalue weighted by Crippen LogP contribution is 2.43. The van der Waals surface area contributed by atoms with E-state index in [-0.39, 0.29) is 35.5 Å². The maximum absolute atomic E-state index is 12.8. The van der Waals surface area contributed by atoms with Gasteiger partial charge in [0, 0.05) is 12.5 Å². The highest BCUT2D eigenvalue weighted by molar-refractivity contribution is 6.09. The monoisotopic (exact) mass is 343 g/mol. The minimum Gasteiger partial charge on any atom is -0.508 e. The van der Waals surface area contributed by atoms with Crippen LogP contribution >= 0.6 is 0 Å². The molecule has 1 aliphatic heterocycles. The number of nitrogens with zero attached hydrogens (tertiary/aromatic N) is 1. The lowest BCUT2D eigenvalue weighted by molar-refractivity contribution is -0.131. The zero-order valence-electron chi connectivity index (χ0n) is 14.7. The Bertz CT molecular complexity index is 716. The van der Waals surface area contributed by atoms with Crippen LogP contribution in [0.3, 0.4) is 0 Å². The summed E-state index contributed by atoms with van der Waals surface area (Å²) in [6.07, 6.45) is 4.11. The van der Waals surface area contributed by atoms with Crippen LogP contribution in [0.1, 0.15) is 57.6 Å². The molecule has 0 aromatic heterocycles. The molecule has 1 aromatic rings. The molecule has 5 heteroatoms. The lowest BCUT2D eigenvalue weighted by Crippen LogP contribution is -2.38. The van der Waals surface area contributed by atoms with Crippen LogP contribution in [-0.2, 0) is 9.59 Å². The maximum atomic E-state index is 12.8. The van der Waals surface area contributed by atoms with Gasteiger partial charge in [0.15, 0.2) is 11.5 Å². The summed E-state index contributed by atoms with van der Waals surface area (Å²) < 4.78 is 0. The molecule has 0 spiro atoms. The van der Waals surface area contributed by atoms with Crippen molar-refractivity contribution in [3.8, 4) is 5.75 Å². The third-order valence-corrected chi connectivity index (χ3v) is 5.04. The number of amides is 1. The van der Waals surface area contributed by atoms with Crippen molar-refractivity contribution in [2.24, 2.45) is 5.92 Å². The van der Waals surface area contributed by atoms with Crippen molar-refractivity contribution in [1.29, 1.82) is 0 Å². The molecular weight excluding hydrogens is 318 g/mol. The number of rotatable bonds is 5. The first-order valence-electron chi connectivity index (χ1n) is 8.98. The number of carbonyl (C=O) groups excluding carboxylic acids is 2. The van der Waals surface area contributed by atoms with Gasteiger partial charge in [-0.05, 0) is 36.5 Å². The molecule has 1 unspecified atom stereocenters. The molecule has 1 aliphatic carbocycles. The summed E-state index contributed by atoms with van der Waals surface area (Å²) in [6.45, 7) is 3.87. The van der Waals surface area contributed by atoms with E-state index in [2.05, 4.69) is 0 Å². The highest BCUT2D eigenvalue weighted by atomic mass is 16.3. The van der Waals surface area contributed by atoms with E-state index >= 15 is 0 Å². The van der Waals surface area contributed by atoms with Gasteiger partial charge in [-0.3, -0.25) is 9.59 Å². The number of phenolic OH excluding ortho intramolecular Hbond substituents is 1. The summed E-state index contributed by atoms with van der Waals surface area (Å²) >= 11 is 0. The molecule has 5 nitrogen and oxygen atoms in total. The van der Waals surface area contributed by atoms with Gasteiger partial charge in [0.2, 0.25) is 0 Å². The van der Waals surface area contributed by atoms with Crippen LogP contribution in [0.4, 0.5) is 0 Å². The molecule has 1 aromatic carbocycles. The van der Waals surface area contributed by atoms with Crippen molar-refractivity contribution in [2.75, 3.05) is 0 Å². The number of benzene rings is 1. The quantitative estimate of drug-likeness (QED) is 0.855. The standard InChI is InChI=1S/C20H25NO4/c1-12(2)10-16(23)17-18(13-6-5-9-15(22)11-13)21(20(25)19(17)24)14-7-3-4-8-14/h5-6,9,11-12,14,18,22,24H,3-4,7-8,10H2,1-2H3. The molecule has 0 bridgehead atoms. The van der Waals surface area contributed by atoms with E-state index in [0.29, 0.717) is 5.56 Å². The van der Waals surface area contributed by atoms with E-state index in [1.54, 1.807) is 29.2 Å². The molecule has 3 rings (SSSR count). The molecule has 2 N–H and O–H groups in total. The molecule has 2 aliphatic rings. The van der Waals surface area contributed by atoms with Crippen LogP contribution in [0.5, 0.6) is 5.75 Å². The second-order valence-corrected chi connectivity index (χ2v) is 7.43. The van der Waals surface area contributed by atoms with Gasteiger partial charge in [-0.1, -0.05) is 38.8 Å². The SMILES string of the molecule is CC(C)CC(=O)C1=C(O)C(=O)N(C2CCCC2)C1c1cccc(O)c1. The predicted octanol–water partition coefficient (Wildman–Crippen LogP) is 3.65. The number of carbonyl (C=O) groups is 2. The first-order chi connectivity index (χ1) is 11.9. The van der Waals surface area contributed by atoms with Crippen molar-refractivity contribution in [2.45, 2.75) is 58.0 Å². The lowest BCUT2D eigenvalue weighted by Gasteiger charge is -2.32. The number of hydrogen-bond acceptors (Lipinski definition) is 4. The summed E-state index contributed by atoms with van der Waals surface area (Å²) in [4.78, 5) is 27.2. The second kappa shape index (κ2) is 6.90. The van der Waals surface area contributed by atoms with E-state index in [0.717, 1.165) is 25.7 Å². The van der Waals surface area contributed by atoms with Crippen LogP contribution < -0.4 is 0 Å². The molecule has 1 amide bonds. The van der Waals surface area contributed by atoms with Gasteiger partial charge in [-0.25, -0.2) is 0 Å². The highest BCUT2D eigenvalue weighted by Gasteiger charge is 2.46. The van der Waals surface area contributed by atoms with E-state index in [4.69, 9.17) is 0 Å². The molecule has 0 saturated heterocycles. The fourth-order valence-corrected chi connectivity index (χ4v) is 3.97. The Hall–Kier alpha value is -2.30.